The third-order valence-electron chi connectivity index (χ3n) is 3.93. The molecule has 2 N–H and O–H groups in total. The molecule has 4 heteroatoms. The highest BCUT2D eigenvalue weighted by molar-refractivity contribution is 6.23. The van der Waals surface area contributed by atoms with Gasteiger partial charge in [-0.1, -0.05) is 13.0 Å². The topological polar surface area (TPSA) is 63.4 Å². The molecule has 1 unspecified atom stereocenters. The van der Waals surface area contributed by atoms with Crippen LogP contribution in [0.3, 0.4) is 0 Å². The van der Waals surface area contributed by atoms with E-state index in [2.05, 4.69) is 6.92 Å². The molecule has 1 aromatic carbocycles. The number of hydrogen-bond acceptors (Lipinski definition) is 3. The monoisotopic (exact) mass is 244 g/mol. The molecule has 0 saturated heterocycles. The second-order valence-corrected chi connectivity index (χ2v) is 5.31. The van der Waals surface area contributed by atoms with Gasteiger partial charge in [-0.05, 0) is 36.8 Å². The van der Waals surface area contributed by atoms with Crippen molar-refractivity contribution in [3.05, 3.63) is 29.3 Å². The predicted molar refractivity (Wildman–Crippen MR) is 68.1 cm³/mol. The van der Waals surface area contributed by atoms with Crippen molar-refractivity contribution in [2.24, 2.45) is 11.8 Å². The van der Waals surface area contributed by atoms with Gasteiger partial charge in [-0.15, -0.1) is 0 Å². The minimum atomic E-state index is -0.236. The number of hydrogen-bond donors (Lipinski definition) is 1. The van der Waals surface area contributed by atoms with E-state index in [1.54, 1.807) is 18.2 Å². The Labute approximate surface area is 106 Å². The van der Waals surface area contributed by atoms with Crippen molar-refractivity contribution >= 4 is 17.5 Å². The molecule has 0 aromatic heterocycles. The summed E-state index contributed by atoms with van der Waals surface area (Å²) in [7, 11) is 0. The first-order chi connectivity index (χ1) is 8.59. The summed E-state index contributed by atoms with van der Waals surface area (Å²) in [5, 5.41) is 0. The van der Waals surface area contributed by atoms with E-state index < -0.39 is 0 Å². The van der Waals surface area contributed by atoms with Gasteiger partial charge in [-0.2, -0.15) is 0 Å². The number of benzene rings is 1. The molecule has 0 bridgehead atoms. The van der Waals surface area contributed by atoms with Crippen LogP contribution in [0.1, 0.15) is 40.5 Å². The standard InChI is InChI=1S/C14H16N2O2/c1-8(9-5-6-9)7-16-13(17)10-3-2-4-11(15)12(10)14(16)18/h2-4,8-9H,5-7,15H2,1H3. The van der Waals surface area contributed by atoms with Crippen LogP contribution >= 0.6 is 0 Å². The zero-order valence-electron chi connectivity index (χ0n) is 10.3. The quantitative estimate of drug-likeness (QED) is 0.652. The Morgan fingerprint density at radius 3 is 2.67 bits per heavy atom. The summed E-state index contributed by atoms with van der Waals surface area (Å²) < 4.78 is 0. The van der Waals surface area contributed by atoms with E-state index in [1.165, 1.54) is 17.7 Å². The molecule has 0 radical (unpaired) electrons. The van der Waals surface area contributed by atoms with E-state index in [9.17, 15) is 9.59 Å². The first kappa shape index (κ1) is 11.3. The minimum absolute atomic E-state index is 0.199. The first-order valence-electron chi connectivity index (χ1n) is 6.34. The van der Waals surface area contributed by atoms with Gasteiger partial charge in [0.2, 0.25) is 0 Å². The van der Waals surface area contributed by atoms with E-state index in [0.717, 1.165) is 0 Å². The molecule has 2 aliphatic rings. The van der Waals surface area contributed by atoms with Gasteiger partial charge in [0.25, 0.3) is 11.8 Å². The Hall–Kier alpha value is -1.84. The molecule has 18 heavy (non-hydrogen) atoms. The van der Waals surface area contributed by atoms with Gasteiger partial charge in [0, 0.05) is 12.2 Å². The molecule has 2 amide bonds. The first-order valence-corrected chi connectivity index (χ1v) is 6.34. The number of nitrogens with zero attached hydrogens (tertiary/aromatic N) is 1. The number of amides is 2. The number of imide groups is 1. The SMILES string of the molecule is CC(CN1C(=O)c2cccc(N)c2C1=O)C1CC1. The van der Waals surface area contributed by atoms with Gasteiger partial charge in [0.1, 0.15) is 0 Å². The number of nitrogens with two attached hydrogens (primary N) is 1. The van der Waals surface area contributed by atoms with Crippen molar-refractivity contribution in [1.82, 2.24) is 4.90 Å². The highest BCUT2D eigenvalue weighted by atomic mass is 16.2. The van der Waals surface area contributed by atoms with Crippen molar-refractivity contribution < 1.29 is 9.59 Å². The highest BCUT2D eigenvalue weighted by Gasteiger charge is 2.39. The Kier molecular flexibility index (Phi) is 2.40. The Bertz CT molecular complexity index is 535. The average molecular weight is 244 g/mol. The van der Waals surface area contributed by atoms with E-state index in [0.29, 0.717) is 35.2 Å². The molecule has 1 heterocycles. The van der Waals surface area contributed by atoms with Crippen molar-refractivity contribution in [3.63, 3.8) is 0 Å². The fourth-order valence-electron chi connectivity index (χ4n) is 2.63. The van der Waals surface area contributed by atoms with Gasteiger partial charge in [-0.3, -0.25) is 14.5 Å². The fraction of sp³-hybridized carbons (Fsp3) is 0.429. The summed E-state index contributed by atoms with van der Waals surface area (Å²) in [4.78, 5) is 25.8. The predicted octanol–water partition coefficient (Wildman–Crippen LogP) is 1.91. The van der Waals surface area contributed by atoms with Crippen LogP contribution in [-0.2, 0) is 0 Å². The number of anilines is 1. The maximum absolute atomic E-state index is 12.2. The van der Waals surface area contributed by atoms with Crippen molar-refractivity contribution in [3.8, 4) is 0 Å². The van der Waals surface area contributed by atoms with Gasteiger partial charge in [-0.25, -0.2) is 0 Å². The summed E-state index contributed by atoms with van der Waals surface area (Å²) in [6.07, 6.45) is 2.43. The average Bonchev–Trinajstić information content (AvgIpc) is 3.14. The molecular formula is C14H16N2O2. The molecule has 1 aliphatic carbocycles. The summed E-state index contributed by atoms with van der Waals surface area (Å²) in [6.45, 7) is 2.61. The largest absolute Gasteiger partial charge is 0.398 e. The fourth-order valence-corrected chi connectivity index (χ4v) is 2.63. The van der Waals surface area contributed by atoms with Crippen molar-refractivity contribution in [1.29, 1.82) is 0 Å². The van der Waals surface area contributed by atoms with Gasteiger partial charge < -0.3 is 5.73 Å². The Morgan fingerprint density at radius 2 is 2.06 bits per heavy atom. The van der Waals surface area contributed by atoms with E-state index in [4.69, 9.17) is 5.73 Å². The van der Waals surface area contributed by atoms with E-state index >= 15 is 0 Å². The lowest BCUT2D eigenvalue weighted by molar-refractivity contribution is 0.0628. The second-order valence-electron chi connectivity index (χ2n) is 5.31. The number of carbonyl (C=O) groups is 2. The molecule has 1 aliphatic heterocycles. The summed E-state index contributed by atoms with van der Waals surface area (Å²) in [5.41, 5.74) is 7.01. The van der Waals surface area contributed by atoms with Crippen LogP contribution in [0.15, 0.2) is 18.2 Å². The summed E-state index contributed by atoms with van der Waals surface area (Å²) in [6, 6.07) is 5.05. The van der Waals surface area contributed by atoms with Crippen molar-refractivity contribution in [2.45, 2.75) is 19.8 Å². The third-order valence-corrected chi connectivity index (χ3v) is 3.93. The molecular weight excluding hydrogens is 228 g/mol. The lowest BCUT2D eigenvalue weighted by Crippen LogP contribution is -2.34. The van der Waals surface area contributed by atoms with Crippen molar-refractivity contribution in [2.75, 3.05) is 12.3 Å². The van der Waals surface area contributed by atoms with Crippen LogP contribution < -0.4 is 5.73 Å². The second kappa shape index (κ2) is 3.83. The lowest BCUT2D eigenvalue weighted by Gasteiger charge is -2.18. The normalized spacial score (nSPS) is 20.2. The zero-order chi connectivity index (χ0) is 12.9. The molecule has 1 saturated carbocycles. The molecule has 0 spiro atoms. The summed E-state index contributed by atoms with van der Waals surface area (Å²) >= 11 is 0. The van der Waals surface area contributed by atoms with Gasteiger partial charge in [0.05, 0.1) is 11.1 Å². The highest BCUT2D eigenvalue weighted by Crippen LogP contribution is 2.38. The van der Waals surface area contributed by atoms with Crippen LogP contribution in [0.4, 0.5) is 5.69 Å². The Balaban J connectivity index is 1.89. The maximum Gasteiger partial charge on any atom is 0.263 e. The van der Waals surface area contributed by atoms with E-state index in [1.807, 2.05) is 0 Å². The molecule has 3 rings (SSSR count). The van der Waals surface area contributed by atoms with Gasteiger partial charge >= 0.3 is 0 Å². The molecule has 4 nitrogen and oxygen atoms in total. The van der Waals surface area contributed by atoms with Crippen LogP contribution in [0, 0.1) is 11.8 Å². The molecule has 1 fully saturated rings. The number of carbonyl (C=O) groups excluding carboxylic acids is 2. The van der Waals surface area contributed by atoms with Crippen LogP contribution in [0.5, 0.6) is 0 Å². The van der Waals surface area contributed by atoms with Crippen LogP contribution in [-0.4, -0.2) is 23.3 Å². The number of nitrogen functional groups attached to an aromatic ring is 1. The smallest absolute Gasteiger partial charge is 0.263 e. The zero-order valence-corrected chi connectivity index (χ0v) is 10.3. The third kappa shape index (κ3) is 1.60. The molecule has 94 valence electrons. The Morgan fingerprint density at radius 1 is 1.33 bits per heavy atom. The maximum atomic E-state index is 12.2. The summed E-state index contributed by atoms with van der Waals surface area (Å²) in [5.74, 6) is 0.621. The lowest BCUT2D eigenvalue weighted by atomic mass is 10.1. The molecule has 1 atom stereocenters. The van der Waals surface area contributed by atoms with Crippen LogP contribution in [0.2, 0.25) is 0 Å². The number of fused-ring (bicyclic) bond motifs is 1. The minimum Gasteiger partial charge on any atom is -0.398 e. The van der Waals surface area contributed by atoms with E-state index in [-0.39, 0.29) is 11.8 Å². The van der Waals surface area contributed by atoms with Crippen LogP contribution in [0.25, 0.3) is 0 Å². The molecule has 1 aromatic rings. The van der Waals surface area contributed by atoms with Gasteiger partial charge in [0.15, 0.2) is 0 Å². The number of rotatable bonds is 3.